The van der Waals surface area contributed by atoms with Gasteiger partial charge in [-0.3, -0.25) is 9.97 Å². The van der Waals surface area contributed by atoms with Crippen LogP contribution in [0.3, 0.4) is 0 Å². The molecule has 4 nitrogen and oxygen atoms in total. The van der Waals surface area contributed by atoms with Gasteiger partial charge in [-0.15, -0.1) is 0 Å². The Hall–Kier alpha value is -6.13. The molecule has 4 aromatic heterocycles. The minimum absolute atomic E-state index is 0.841. The maximum atomic E-state index is 5.28. The molecule has 4 heterocycles. The molecule has 0 aliphatic rings. The zero-order valence-electron chi connectivity index (χ0n) is 24.3. The molecule has 45 heavy (non-hydrogen) atoms. The molecule has 0 N–H and O–H groups in total. The SMILES string of the molecule is c1ccc(-c2cc(-c3cccc(-n4c5ccccc5c5cnccc54)c3)cc(-c3c4ccccc4cc4ccccc34)n2)nc1. The second kappa shape index (κ2) is 10.2. The summed E-state index contributed by atoms with van der Waals surface area (Å²) in [5, 5.41) is 7.09. The first-order valence-corrected chi connectivity index (χ1v) is 15.1. The van der Waals surface area contributed by atoms with Gasteiger partial charge in [0.1, 0.15) is 0 Å². The van der Waals surface area contributed by atoms with Gasteiger partial charge < -0.3 is 4.57 Å². The number of benzene rings is 5. The summed E-state index contributed by atoms with van der Waals surface area (Å²) in [6.07, 6.45) is 5.65. The number of aromatic nitrogens is 4. The standard InChI is InChI=1S/C41H26N4/c1-3-14-32-28(10-1)22-29-11-2-4-15-33(29)41(32)38-25-30(24-37(44-38)36-17-7-8-20-43-36)27-12-9-13-31(23-27)45-39-18-6-5-16-34(39)35-26-42-21-19-40(35)45/h1-26H. The van der Waals surface area contributed by atoms with Crippen molar-refractivity contribution >= 4 is 43.4 Å². The van der Waals surface area contributed by atoms with E-state index < -0.39 is 0 Å². The molecule has 0 radical (unpaired) electrons. The van der Waals surface area contributed by atoms with Crippen LogP contribution in [0.15, 0.2) is 158 Å². The van der Waals surface area contributed by atoms with Gasteiger partial charge in [-0.25, -0.2) is 4.98 Å². The van der Waals surface area contributed by atoms with Crippen LogP contribution in [0.25, 0.3) is 82.8 Å². The number of pyridine rings is 3. The number of hydrogen-bond donors (Lipinski definition) is 0. The monoisotopic (exact) mass is 574 g/mol. The van der Waals surface area contributed by atoms with Crippen LogP contribution < -0.4 is 0 Å². The van der Waals surface area contributed by atoms with Gasteiger partial charge in [0.05, 0.1) is 28.1 Å². The minimum atomic E-state index is 0.841. The first-order chi connectivity index (χ1) is 22.3. The summed E-state index contributed by atoms with van der Waals surface area (Å²) < 4.78 is 2.33. The molecule has 9 rings (SSSR count). The maximum Gasteiger partial charge on any atom is 0.0899 e. The first kappa shape index (κ1) is 25.4. The third-order valence-electron chi connectivity index (χ3n) is 8.69. The van der Waals surface area contributed by atoms with Crippen molar-refractivity contribution in [2.24, 2.45) is 0 Å². The van der Waals surface area contributed by atoms with Gasteiger partial charge in [0, 0.05) is 40.6 Å². The van der Waals surface area contributed by atoms with Crippen LogP contribution in [0.2, 0.25) is 0 Å². The number of hydrogen-bond acceptors (Lipinski definition) is 3. The second-order valence-electron chi connectivity index (χ2n) is 11.3. The Labute approximate surface area is 259 Å². The lowest BCUT2D eigenvalue weighted by molar-refractivity contribution is 1.17. The van der Waals surface area contributed by atoms with Gasteiger partial charge in [0.15, 0.2) is 0 Å². The number of nitrogens with zero attached hydrogens (tertiary/aromatic N) is 4. The quantitative estimate of drug-likeness (QED) is 0.196. The molecular weight excluding hydrogens is 548 g/mol. The lowest BCUT2D eigenvalue weighted by Crippen LogP contribution is -1.96. The van der Waals surface area contributed by atoms with E-state index in [1.807, 2.05) is 36.8 Å². The van der Waals surface area contributed by atoms with Crippen molar-refractivity contribution in [3.63, 3.8) is 0 Å². The van der Waals surface area contributed by atoms with E-state index in [0.717, 1.165) is 55.9 Å². The minimum Gasteiger partial charge on any atom is -0.309 e. The van der Waals surface area contributed by atoms with Crippen LogP contribution in [0.1, 0.15) is 0 Å². The third-order valence-corrected chi connectivity index (χ3v) is 8.69. The first-order valence-electron chi connectivity index (χ1n) is 15.1. The summed E-state index contributed by atoms with van der Waals surface area (Å²) >= 11 is 0. The molecule has 4 heteroatoms. The van der Waals surface area contributed by atoms with Gasteiger partial charge in [0.2, 0.25) is 0 Å². The smallest absolute Gasteiger partial charge is 0.0899 e. The van der Waals surface area contributed by atoms with Crippen molar-refractivity contribution in [2.45, 2.75) is 0 Å². The van der Waals surface area contributed by atoms with Crippen molar-refractivity contribution < 1.29 is 0 Å². The molecule has 210 valence electrons. The van der Waals surface area contributed by atoms with Gasteiger partial charge in [-0.05, 0) is 87.3 Å². The van der Waals surface area contributed by atoms with Crippen molar-refractivity contribution in [3.8, 4) is 39.5 Å². The Balaban J connectivity index is 1.31. The Morgan fingerprint density at radius 3 is 1.96 bits per heavy atom. The Bertz CT molecular complexity index is 2440. The van der Waals surface area contributed by atoms with Crippen molar-refractivity contribution in [3.05, 3.63) is 158 Å². The van der Waals surface area contributed by atoms with E-state index in [9.17, 15) is 0 Å². The molecule has 0 fully saturated rings. The second-order valence-corrected chi connectivity index (χ2v) is 11.3. The highest BCUT2D eigenvalue weighted by Gasteiger charge is 2.16. The number of rotatable bonds is 4. The zero-order chi connectivity index (χ0) is 29.7. The third kappa shape index (κ3) is 4.19. The summed E-state index contributed by atoms with van der Waals surface area (Å²) in [5.74, 6) is 0. The fraction of sp³-hybridized carbons (Fsp3) is 0. The molecule has 5 aromatic carbocycles. The van der Waals surface area contributed by atoms with Gasteiger partial charge in [-0.1, -0.05) is 84.9 Å². The summed E-state index contributed by atoms with van der Waals surface area (Å²) in [7, 11) is 0. The highest BCUT2D eigenvalue weighted by atomic mass is 15.0. The van der Waals surface area contributed by atoms with Gasteiger partial charge in [0.25, 0.3) is 0 Å². The zero-order valence-corrected chi connectivity index (χ0v) is 24.3. The highest BCUT2D eigenvalue weighted by molar-refractivity contribution is 6.12. The van der Waals surface area contributed by atoms with E-state index in [4.69, 9.17) is 9.97 Å². The van der Waals surface area contributed by atoms with Crippen LogP contribution in [-0.2, 0) is 0 Å². The van der Waals surface area contributed by atoms with Crippen LogP contribution in [0, 0.1) is 0 Å². The molecule has 0 unspecified atom stereocenters. The van der Waals surface area contributed by atoms with Crippen LogP contribution in [0.4, 0.5) is 0 Å². The van der Waals surface area contributed by atoms with E-state index >= 15 is 0 Å². The normalized spacial score (nSPS) is 11.6. The van der Waals surface area contributed by atoms with Gasteiger partial charge >= 0.3 is 0 Å². The summed E-state index contributed by atoms with van der Waals surface area (Å²) in [5.41, 5.74) is 9.32. The summed E-state index contributed by atoms with van der Waals surface area (Å²) in [6, 6.07) is 49.2. The molecule has 0 amide bonds. The summed E-state index contributed by atoms with van der Waals surface area (Å²) in [6.45, 7) is 0. The van der Waals surface area contributed by atoms with Crippen molar-refractivity contribution in [2.75, 3.05) is 0 Å². The maximum absolute atomic E-state index is 5.28. The fourth-order valence-electron chi connectivity index (χ4n) is 6.68. The molecule has 0 aliphatic carbocycles. The van der Waals surface area contributed by atoms with E-state index in [2.05, 4.69) is 131 Å². The number of fused-ring (bicyclic) bond motifs is 5. The Morgan fingerprint density at radius 1 is 0.444 bits per heavy atom. The highest BCUT2D eigenvalue weighted by Crippen LogP contribution is 2.39. The molecule has 9 aromatic rings. The Kier molecular flexibility index (Phi) is 5.78. The predicted octanol–water partition coefficient (Wildman–Crippen LogP) is 10.3. The molecule has 0 bridgehead atoms. The topological polar surface area (TPSA) is 43.6 Å². The van der Waals surface area contributed by atoms with Crippen LogP contribution in [0.5, 0.6) is 0 Å². The summed E-state index contributed by atoms with van der Waals surface area (Å²) in [4.78, 5) is 14.4. The van der Waals surface area contributed by atoms with Crippen LogP contribution >= 0.6 is 0 Å². The molecule has 0 spiro atoms. The lowest BCUT2D eigenvalue weighted by Gasteiger charge is -2.15. The van der Waals surface area contributed by atoms with E-state index in [1.54, 1.807) is 0 Å². The fourth-order valence-corrected chi connectivity index (χ4v) is 6.68. The molecule has 0 saturated heterocycles. The largest absolute Gasteiger partial charge is 0.309 e. The van der Waals surface area contributed by atoms with Crippen molar-refractivity contribution in [1.29, 1.82) is 0 Å². The molecule has 0 aliphatic heterocycles. The van der Waals surface area contributed by atoms with E-state index in [-0.39, 0.29) is 0 Å². The number of para-hydroxylation sites is 1. The lowest BCUT2D eigenvalue weighted by atomic mass is 9.93. The molecule has 0 saturated carbocycles. The average molecular weight is 575 g/mol. The van der Waals surface area contributed by atoms with Crippen LogP contribution in [-0.4, -0.2) is 19.5 Å². The van der Waals surface area contributed by atoms with E-state index in [0.29, 0.717) is 0 Å². The van der Waals surface area contributed by atoms with Crippen molar-refractivity contribution in [1.82, 2.24) is 19.5 Å². The average Bonchev–Trinajstić information content (AvgIpc) is 3.45. The van der Waals surface area contributed by atoms with Gasteiger partial charge in [-0.2, -0.15) is 0 Å². The predicted molar refractivity (Wildman–Crippen MR) is 185 cm³/mol. The Morgan fingerprint density at radius 2 is 1.16 bits per heavy atom. The molecule has 0 atom stereocenters. The van der Waals surface area contributed by atoms with E-state index in [1.165, 1.54) is 26.9 Å². The molecular formula is C41H26N4.